The summed E-state index contributed by atoms with van der Waals surface area (Å²) in [4.78, 5) is 21.0. The van der Waals surface area contributed by atoms with Crippen molar-refractivity contribution in [2.45, 2.75) is 45.1 Å². The van der Waals surface area contributed by atoms with Crippen LogP contribution in [0.2, 0.25) is 0 Å². The standard InChI is InChI=1S/C10H19NO4.2H3N/c1-2-3-4-7-11-8(10(14)15)5-6-9(12)13;;/h8,11H,2-7H2,1H3,(H,12,13)(H,14,15);2*1H3/t8-;;/m0../s1. The van der Waals surface area contributed by atoms with Gasteiger partial charge in [0.25, 0.3) is 0 Å². The number of rotatable bonds is 9. The topological polar surface area (TPSA) is 157 Å². The summed E-state index contributed by atoms with van der Waals surface area (Å²) in [5, 5.41) is 20.1. The summed E-state index contributed by atoms with van der Waals surface area (Å²) in [6.07, 6.45) is 3.08. The van der Waals surface area contributed by atoms with E-state index in [0.29, 0.717) is 6.54 Å². The molecule has 0 aromatic rings. The lowest BCUT2D eigenvalue weighted by molar-refractivity contribution is -0.140. The Bertz CT molecular complexity index is 212. The molecule has 9 N–H and O–H groups in total. The monoisotopic (exact) mass is 251 g/mol. The van der Waals surface area contributed by atoms with Gasteiger partial charge in [0, 0.05) is 6.42 Å². The van der Waals surface area contributed by atoms with Gasteiger partial charge < -0.3 is 27.8 Å². The molecule has 0 amide bonds. The first kappa shape index (κ1) is 21.1. The van der Waals surface area contributed by atoms with E-state index in [9.17, 15) is 9.59 Å². The van der Waals surface area contributed by atoms with Crippen LogP contribution in [0.4, 0.5) is 0 Å². The van der Waals surface area contributed by atoms with E-state index >= 15 is 0 Å². The molecule has 7 heteroatoms. The molecule has 0 saturated heterocycles. The highest BCUT2D eigenvalue weighted by Crippen LogP contribution is 1.99. The van der Waals surface area contributed by atoms with Crippen molar-refractivity contribution in [2.75, 3.05) is 6.54 Å². The van der Waals surface area contributed by atoms with E-state index in [2.05, 4.69) is 12.2 Å². The number of carboxylic acid groups (broad SMARTS) is 2. The fraction of sp³-hybridized carbons (Fsp3) is 0.800. The van der Waals surface area contributed by atoms with E-state index in [1.54, 1.807) is 0 Å². The largest absolute Gasteiger partial charge is 0.481 e. The van der Waals surface area contributed by atoms with Gasteiger partial charge in [-0.05, 0) is 19.4 Å². The Labute approximate surface area is 102 Å². The minimum Gasteiger partial charge on any atom is -0.481 e. The zero-order chi connectivity index (χ0) is 11.7. The Hall–Kier alpha value is -1.18. The molecule has 0 aromatic heterocycles. The molecule has 0 aliphatic heterocycles. The van der Waals surface area contributed by atoms with Gasteiger partial charge in [0.1, 0.15) is 6.04 Å². The Morgan fingerprint density at radius 3 is 2.18 bits per heavy atom. The first-order valence-corrected chi connectivity index (χ1v) is 5.26. The van der Waals surface area contributed by atoms with Crippen molar-refractivity contribution in [1.82, 2.24) is 17.6 Å². The van der Waals surface area contributed by atoms with Crippen LogP contribution in [0.25, 0.3) is 0 Å². The molecule has 1 atom stereocenters. The van der Waals surface area contributed by atoms with Gasteiger partial charge in [0.2, 0.25) is 0 Å². The van der Waals surface area contributed by atoms with Crippen LogP contribution in [0.15, 0.2) is 0 Å². The minimum absolute atomic E-state index is 0. The Morgan fingerprint density at radius 2 is 1.76 bits per heavy atom. The SMILES string of the molecule is CCCCCN[C@@H](CCC(=O)O)C(=O)O.N.N. The lowest BCUT2D eigenvalue weighted by Crippen LogP contribution is -2.37. The summed E-state index contributed by atoms with van der Waals surface area (Å²) in [5.74, 6) is -1.94. The number of hydrogen-bond acceptors (Lipinski definition) is 5. The van der Waals surface area contributed by atoms with Crippen LogP contribution in [0.3, 0.4) is 0 Å². The number of aliphatic carboxylic acids is 2. The second kappa shape index (κ2) is 12.9. The van der Waals surface area contributed by atoms with Crippen LogP contribution < -0.4 is 17.6 Å². The molecule has 0 aliphatic rings. The van der Waals surface area contributed by atoms with E-state index in [-0.39, 0.29) is 25.1 Å². The average Bonchev–Trinajstić information content (AvgIpc) is 2.15. The molecular weight excluding hydrogens is 226 g/mol. The van der Waals surface area contributed by atoms with Crippen LogP contribution in [-0.4, -0.2) is 34.7 Å². The van der Waals surface area contributed by atoms with Crippen molar-refractivity contribution in [3.05, 3.63) is 0 Å². The van der Waals surface area contributed by atoms with Gasteiger partial charge in [-0.1, -0.05) is 19.8 Å². The first-order valence-electron chi connectivity index (χ1n) is 5.26. The van der Waals surface area contributed by atoms with Gasteiger partial charge in [-0.15, -0.1) is 0 Å². The van der Waals surface area contributed by atoms with Crippen molar-refractivity contribution < 1.29 is 19.8 Å². The highest BCUT2D eigenvalue weighted by Gasteiger charge is 2.17. The molecule has 0 aromatic carbocycles. The molecule has 104 valence electrons. The van der Waals surface area contributed by atoms with Crippen LogP contribution in [-0.2, 0) is 9.59 Å². The molecule has 0 radical (unpaired) electrons. The zero-order valence-corrected chi connectivity index (χ0v) is 10.4. The molecule has 0 fully saturated rings. The molecular formula is C10H25N3O4. The molecule has 0 saturated carbocycles. The predicted molar refractivity (Wildman–Crippen MR) is 65.9 cm³/mol. The van der Waals surface area contributed by atoms with E-state index in [4.69, 9.17) is 10.2 Å². The van der Waals surface area contributed by atoms with Gasteiger partial charge >= 0.3 is 11.9 Å². The zero-order valence-electron chi connectivity index (χ0n) is 10.4. The molecule has 0 aliphatic carbocycles. The van der Waals surface area contributed by atoms with Gasteiger partial charge in [-0.3, -0.25) is 9.59 Å². The second-order valence-electron chi connectivity index (χ2n) is 3.48. The highest BCUT2D eigenvalue weighted by molar-refractivity contribution is 5.75. The third-order valence-electron chi connectivity index (χ3n) is 2.12. The Morgan fingerprint density at radius 1 is 1.18 bits per heavy atom. The van der Waals surface area contributed by atoms with Crippen LogP contribution in [0, 0.1) is 0 Å². The average molecular weight is 251 g/mol. The van der Waals surface area contributed by atoms with Crippen LogP contribution >= 0.6 is 0 Å². The normalized spacial score (nSPS) is 10.9. The second-order valence-corrected chi connectivity index (χ2v) is 3.48. The highest BCUT2D eigenvalue weighted by atomic mass is 16.4. The lowest BCUT2D eigenvalue weighted by atomic mass is 10.1. The van der Waals surface area contributed by atoms with Gasteiger partial charge in [0.15, 0.2) is 0 Å². The van der Waals surface area contributed by atoms with Crippen molar-refractivity contribution in [3.8, 4) is 0 Å². The van der Waals surface area contributed by atoms with Crippen molar-refractivity contribution >= 4 is 11.9 Å². The summed E-state index contributed by atoms with van der Waals surface area (Å²) in [7, 11) is 0. The van der Waals surface area contributed by atoms with Crippen LogP contribution in [0.1, 0.15) is 39.0 Å². The molecule has 0 heterocycles. The van der Waals surface area contributed by atoms with Crippen molar-refractivity contribution in [1.29, 1.82) is 0 Å². The smallest absolute Gasteiger partial charge is 0.320 e. The third-order valence-corrected chi connectivity index (χ3v) is 2.12. The van der Waals surface area contributed by atoms with Crippen LogP contribution in [0.5, 0.6) is 0 Å². The lowest BCUT2D eigenvalue weighted by Gasteiger charge is -2.12. The minimum atomic E-state index is -0.979. The Kier molecular flexibility index (Phi) is 16.0. The van der Waals surface area contributed by atoms with Crippen molar-refractivity contribution in [3.63, 3.8) is 0 Å². The molecule has 17 heavy (non-hydrogen) atoms. The summed E-state index contributed by atoms with van der Waals surface area (Å²) < 4.78 is 0. The van der Waals surface area contributed by atoms with E-state index in [1.165, 1.54) is 0 Å². The first-order chi connectivity index (χ1) is 7.07. The van der Waals surface area contributed by atoms with E-state index in [0.717, 1.165) is 19.3 Å². The summed E-state index contributed by atoms with van der Waals surface area (Å²) in [6.45, 7) is 2.70. The molecule has 7 nitrogen and oxygen atoms in total. The fourth-order valence-corrected chi connectivity index (χ4v) is 1.23. The van der Waals surface area contributed by atoms with Gasteiger partial charge in [-0.2, -0.15) is 0 Å². The predicted octanol–water partition coefficient (Wildman–Crippen LogP) is 1.41. The summed E-state index contributed by atoms with van der Waals surface area (Å²) in [5.41, 5.74) is 0. The number of carboxylic acids is 2. The Balaban J connectivity index is -0.000000980. The number of carbonyl (C=O) groups is 2. The van der Waals surface area contributed by atoms with Gasteiger partial charge in [-0.25, -0.2) is 0 Å². The third kappa shape index (κ3) is 12.8. The summed E-state index contributed by atoms with van der Waals surface area (Å²) in [6, 6.07) is -0.738. The molecule has 0 spiro atoms. The quantitative estimate of drug-likeness (QED) is 0.387. The molecule has 0 unspecified atom stereocenters. The number of unbranched alkanes of at least 4 members (excludes halogenated alkanes) is 2. The van der Waals surface area contributed by atoms with E-state index in [1.807, 2.05) is 0 Å². The maximum atomic E-state index is 10.7. The maximum Gasteiger partial charge on any atom is 0.320 e. The summed E-state index contributed by atoms with van der Waals surface area (Å²) >= 11 is 0. The van der Waals surface area contributed by atoms with Gasteiger partial charge in [0.05, 0.1) is 0 Å². The molecule has 0 bridgehead atoms. The van der Waals surface area contributed by atoms with Crippen molar-refractivity contribution in [2.24, 2.45) is 0 Å². The molecule has 0 rings (SSSR count). The number of hydrogen-bond donors (Lipinski definition) is 5. The van der Waals surface area contributed by atoms with E-state index < -0.39 is 18.0 Å². The fourth-order valence-electron chi connectivity index (χ4n) is 1.23. The maximum absolute atomic E-state index is 10.7. The number of nitrogens with one attached hydrogen (secondary N) is 1.